The minimum absolute atomic E-state index is 0.0550. The molecule has 1 saturated heterocycles. The Balaban J connectivity index is 0. The lowest BCUT2D eigenvalue weighted by atomic mass is 10.0. The second-order valence-electron chi connectivity index (χ2n) is 9.14. The first kappa shape index (κ1) is 34.1. The minimum Gasteiger partial charge on any atom is -0.349 e. The maximum absolute atomic E-state index is 12.8. The molecule has 3 atom stereocenters. The Morgan fingerprint density at radius 3 is 2.03 bits per heavy atom. The van der Waals surface area contributed by atoms with Gasteiger partial charge in [0.15, 0.2) is 0 Å². The number of nitrogens with two attached hydrogens (primary N) is 2. The number of amides is 3. The van der Waals surface area contributed by atoms with Crippen molar-refractivity contribution in [1.29, 1.82) is 0 Å². The summed E-state index contributed by atoms with van der Waals surface area (Å²) in [4.78, 5) is 46.2. The fourth-order valence-electron chi connectivity index (χ4n) is 3.32. The SMILES string of the molecule is CC(C)CC(N)C(=O)NC(CCCCNC(C)C)C(=O)N1CCCC1.CC(C=O)NC=O.CN. The number of carbonyl (C=O) groups excluding carboxylic acids is 4. The summed E-state index contributed by atoms with van der Waals surface area (Å²) >= 11 is 0. The molecule has 0 bridgehead atoms. The van der Waals surface area contributed by atoms with Crippen molar-refractivity contribution >= 4 is 24.5 Å². The molecule has 1 rings (SSSR count). The molecule has 34 heavy (non-hydrogen) atoms. The number of rotatable bonds is 14. The lowest BCUT2D eigenvalue weighted by molar-refractivity contribution is -0.136. The number of carbonyl (C=O) groups is 4. The minimum atomic E-state index is -0.545. The van der Waals surface area contributed by atoms with Gasteiger partial charge in [-0.1, -0.05) is 27.7 Å². The van der Waals surface area contributed by atoms with E-state index in [1.807, 2.05) is 18.7 Å². The van der Waals surface area contributed by atoms with Gasteiger partial charge in [0, 0.05) is 19.1 Å². The summed E-state index contributed by atoms with van der Waals surface area (Å²) in [6.07, 6.45) is 6.48. The molecule has 3 unspecified atom stereocenters. The highest BCUT2D eigenvalue weighted by Crippen LogP contribution is 2.13. The lowest BCUT2D eigenvalue weighted by Gasteiger charge is -2.25. The van der Waals surface area contributed by atoms with Crippen LogP contribution in [-0.4, -0.2) is 80.3 Å². The molecule has 1 aliphatic rings. The van der Waals surface area contributed by atoms with E-state index in [0.717, 1.165) is 45.3 Å². The number of nitrogens with zero attached hydrogens (tertiary/aromatic N) is 1. The monoisotopic (exact) mass is 486 g/mol. The van der Waals surface area contributed by atoms with Crippen molar-refractivity contribution in [2.45, 2.75) is 97.3 Å². The third kappa shape index (κ3) is 17.4. The van der Waals surface area contributed by atoms with Gasteiger partial charge in [0.1, 0.15) is 12.3 Å². The first-order valence-electron chi connectivity index (χ1n) is 12.4. The first-order chi connectivity index (χ1) is 16.1. The average Bonchev–Trinajstić information content (AvgIpc) is 3.33. The second kappa shape index (κ2) is 21.5. The van der Waals surface area contributed by atoms with E-state index in [-0.39, 0.29) is 17.9 Å². The fourth-order valence-corrected chi connectivity index (χ4v) is 3.32. The highest BCUT2D eigenvalue weighted by atomic mass is 16.2. The van der Waals surface area contributed by atoms with Gasteiger partial charge in [-0.3, -0.25) is 14.4 Å². The maximum Gasteiger partial charge on any atom is 0.245 e. The van der Waals surface area contributed by atoms with Crippen molar-refractivity contribution in [3.8, 4) is 0 Å². The molecule has 10 heteroatoms. The molecule has 1 aliphatic heterocycles. The van der Waals surface area contributed by atoms with E-state index < -0.39 is 12.1 Å². The Kier molecular flexibility index (Phi) is 21.6. The van der Waals surface area contributed by atoms with E-state index in [4.69, 9.17) is 5.73 Å². The Hall–Kier alpha value is -2.04. The molecule has 0 spiro atoms. The molecule has 10 nitrogen and oxygen atoms in total. The number of nitrogens with one attached hydrogen (secondary N) is 3. The van der Waals surface area contributed by atoms with Crippen molar-refractivity contribution in [2.24, 2.45) is 17.4 Å². The van der Waals surface area contributed by atoms with Crippen LogP contribution in [-0.2, 0) is 19.2 Å². The molecule has 0 aromatic carbocycles. The van der Waals surface area contributed by atoms with Gasteiger partial charge in [0.2, 0.25) is 18.2 Å². The van der Waals surface area contributed by atoms with Crippen LogP contribution in [0.2, 0.25) is 0 Å². The van der Waals surface area contributed by atoms with Crippen molar-refractivity contribution < 1.29 is 19.2 Å². The van der Waals surface area contributed by atoms with Gasteiger partial charge in [-0.2, -0.15) is 0 Å². The van der Waals surface area contributed by atoms with Crippen LogP contribution in [0.3, 0.4) is 0 Å². The van der Waals surface area contributed by atoms with E-state index in [2.05, 4.69) is 35.5 Å². The van der Waals surface area contributed by atoms with Crippen molar-refractivity contribution in [3.63, 3.8) is 0 Å². The third-order valence-corrected chi connectivity index (χ3v) is 5.10. The van der Waals surface area contributed by atoms with Crippen LogP contribution in [0.5, 0.6) is 0 Å². The van der Waals surface area contributed by atoms with Gasteiger partial charge >= 0.3 is 0 Å². The van der Waals surface area contributed by atoms with Crippen LogP contribution in [0.15, 0.2) is 0 Å². The molecular formula is C24H50N6O4. The number of aldehydes is 1. The molecule has 0 radical (unpaired) electrons. The van der Waals surface area contributed by atoms with E-state index in [0.29, 0.717) is 37.5 Å². The Labute approximate surface area is 206 Å². The van der Waals surface area contributed by atoms with E-state index in [1.165, 1.54) is 7.05 Å². The molecule has 0 saturated carbocycles. The van der Waals surface area contributed by atoms with Crippen LogP contribution in [0.1, 0.15) is 73.1 Å². The van der Waals surface area contributed by atoms with E-state index in [9.17, 15) is 19.2 Å². The highest BCUT2D eigenvalue weighted by Gasteiger charge is 2.28. The van der Waals surface area contributed by atoms with Crippen LogP contribution in [0.4, 0.5) is 0 Å². The summed E-state index contributed by atoms with van der Waals surface area (Å²) in [5.41, 5.74) is 10.5. The smallest absolute Gasteiger partial charge is 0.245 e. The predicted molar refractivity (Wildman–Crippen MR) is 137 cm³/mol. The normalized spacial score (nSPS) is 15.3. The molecule has 0 aromatic rings. The largest absolute Gasteiger partial charge is 0.349 e. The zero-order valence-corrected chi connectivity index (χ0v) is 22.1. The van der Waals surface area contributed by atoms with Gasteiger partial charge < -0.3 is 37.1 Å². The zero-order valence-electron chi connectivity index (χ0n) is 22.1. The summed E-state index contributed by atoms with van der Waals surface area (Å²) in [6.45, 7) is 12.5. The number of hydrogen-bond acceptors (Lipinski definition) is 7. The Bertz CT molecular complexity index is 554. The summed E-state index contributed by atoms with van der Waals surface area (Å²) < 4.78 is 0. The second-order valence-corrected chi connectivity index (χ2v) is 9.14. The summed E-state index contributed by atoms with van der Waals surface area (Å²) in [5, 5.41) is 8.55. The molecule has 1 heterocycles. The van der Waals surface area contributed by atoms with E-state index >= 15 is 0 Å². The van der Waals surface area contributed by atoms with Crippen LogP contribution >= 0.6 is 0 Å². The van der Waals surface area contributed by atoms with Crippen LogP contribution < -0.4 is 27.4 Å². The Morgan fingerprint density at radius 2 is 1.59 bits per heavy atom. The summed E-state index contributed by atoms with van der Waals surface area (Å²) in [6, 6.07) is -0.868. The van der Waals surface area contributed by atoms with Crippen molar-refractivity contribution in [3.05, 3.63) is 0 Å². The standard InChI is InChI=1S/C19H38N4O2.C4H7NO2.CH5N/c1-14(2)13-16(20)18(24)22-17(9-5-6-10-21-15(3)4)19(25)23-11-7-8-12-23;1-4(2-6)5-3-7;1-2/h14-17,21H,5-13,20H2,1-4H3,(H,22,24);2-4H,1H3,(H,5,7);2H2,1H3. The maximum atomic E-state index is 12.8. The molecular weight excluding hydrogens is 436 g/mol. The van der Waals surface area contributed by atoms with E-state index in [1.54, 1.807) is 6.92 Å². The Morgan fingerprint density at radius 1 is 1.00 bits per heavy atom. The van der Waals surface area contributed by atoms with Crippen molar-refractivity contribution in [2.75, 3.05) is 26.7 Å². The highest BCUT2D eigenvalue weighted by molar-refractivity contribution is 5.89. The molecule has 0 aliphatic carbocycles. The number of likely N-dealkylation sites (tertiary alicyclic amines) is 1. The van der Waals surface area contributed by atoms with Crippen LogP contribution in [0.25, 0.3) is 0 Å². The quantitative estimate of drug-likeness (QED) is 0.177. The van der Waals surface area contributed by atoms with Gasteiger partial charge in [0.05, 0.1) is 12.1 Å². The van der Waals surface area contributed by atoms with Gasteiger partial charge in [-0.05, 0) is 65.0 Å². The zero-order chi connectivity index (χ0) is 26.5. The van der Waals surface area contributed by atoms with Gasteiger partial charge in [0.25, 0.3) is 0 Å². The van der Waals surface area contributed by atoms with Gasteiger partial charge in [-0.25, -0.2) is 0 Å². The van der Waals surface area contributed by atoms with Gasteiger partial charge in [-0.15, -0.1) is 0 Å². The summed E-state index contributed by atoms with van der Waals surface area (Å²) in [7, 11) is 1.50. The molecule has 3 amide bonds. The molecule has 1 fully saturated rings. The lowest BCUT2D eigenvalue weighted by Crippen LogP contribution is -2.52. The average molecular weight is 487 g/mol. The number of unbranched alkanes of at least 4 members (excludes halogenated alkanes) is 1. The number of hydrogen-bond donors (Lipinski definition) is 5. The topological polar surface area (TPSA) is 160 Å². The molecule has 200 valence electrons. The summed E-state index contributed by atoms with van der Waals surface area (Å²) in [5.74, 6) is 0.210. The third-order valence-electron chi connectivity index (χ3n) is 5.10. The molecule has 0 aromatic heterocycles. The first-order valence-corrected chi connectivity index (χ1v) is 12.4. The fraction of sp³-hybridized carbons (Fsp3) is 0.833. The van der Waals surface area contributed by atoms with Crippen molar-refractivity contribution in [1.82, 2.24) is 20.9 Å². The predicted octanol–water partition coefficient (Wildman–Crippen LogP) is 0.530. The van der Waals surface area contributed by atoms with Crippen LogP contribution in [0, 0.1) is 5.92 Å². The molecule has 7 N–H and O–H groups in total.